The van der Waals surface area contributed by atoms with E-state index in [1.807, 2.05) is 0 Å². The van der Waals surface area contributed by atoms with E-state index in [0.29, 0.717) is 0 Å². The van der Waals surface area contributed by atoms with Gasteiger partial charge in [0.25, 0.3) is 0 Å². The lowest BCUT2D eigenvalue weighted by atomic mass is 10.3. The molecule has 106 valence electrons. The van der Waals surface area contributed by atoms with Gasteiger partial charge in [-0.25, -0.2) is 9.36 Å². The Morgan fingerprint density at radius 3 is 2.79 bits per heavy atom. The third kappa shape index (κ3) is 4.66. The van der Waals surface area contributed by atoms with Crippen molar-refractivity contribution in [2.24, 2.45) is 0 Å². The SMILES string of the molecule is C[C@@H](O[C@H](COP=O)C(O)O)n1ccc(N)nc1=O. The van der Waals surface area contributed by atoms with Gasteiger partial charge in [-0.05, 0) is 13.0 Å². The van der Waals surface area contributed by atoms with E-state index in [1.165, 1.54) is 19.2 Å². The first kappa shape index (κ1) is 15.7. The standard InChI is InChI=1S/C9H14N3O6P/c1-5(12-3-2-7(10)11-9(12)15)18-6(8(13)14)4-17-19-16/h2-3,5-6,8,13-14H,4H2,1H3,(H2,10,11,15)/t5-,6-/m1/s1. The summed E-state index contributed by atoms with van der Waals surface area (Å²) in [6.07, 6.45) is -2.48. The molecule has 0 spiro atoms. The summed E-state index contributed by atoms with van der Waals surface area (Å²) in [5.74, 6) is 0.0701. The lowest BCUT2D eigenvalue weighted by molar-refractivity contribution is -0.184. The maximum atomic E-state index is 11.5. The molecular weight excluding hydrogens is 277 g/mol. The molecule has 1 heterocycles. The number of hydrogen-bond donors (Lipinski definition) is 3. The molecule has 2 atom stereocenters. The van der Waals surface area contributed by atoms with Crippen LogP contribution in [0.2, 0.25) is 0 Å². The molecule has 1 aromatic heterocycles. The summed E-state index contributed by atoms with van der Waals surface area (Å²) in [6.45, 7) is 1.19. The number of aliphatic hydroxyl groups excluding tert-OH is 1. The van der Waals surface area contributed by atoms with Crippen molar-refractivity contribution in [3.8, 4) is 0 Å². The molecule has 0 aliphatic heterocycles. The molecule has 0 fully saturated rings. The predicted molar refractivity (Wildman–Crippen MR) is 64.3 cm³/mol. The molecule has 0 amide bonds. The highest BCUT2D eigenvalue weighted by Gasteiger charge is 2.22. The molecule has 0 aromatic carbocycles. The van der Waals surface area contributed by atoms with Crippen LogP contribution in [-0.2, 0) is 13.8 Å². The van der Waals surface area contributed by atoms with Crippen molar-refractivity contribution in [2.45, 2.75) is 25.5 Å². The van der Waals surface area contributed by atoms with Gasteiger partial charge >= 0.3 is 14.4 Å². The van der Waals surface area contributed by atoms with Gasteiger partial charge in [0.05, 0.1) is 6.61 Å². The van der Waals surface area contributed by atoms with Crippen molar-refractivity contribution >= 4 is 14.5 Å². The van der Waals surface area contributed by atoms with Gasteiger partial charge < -0.3 is 20.7 Å². The van der Waals surface area contributed by atoms with E-state index in [9.17, 15) is 9.36 Å². The fourth-order valence-corrected chi connectivity index (χ4v) is 1.53. The number of ether oxygens (including phenoxy) is 1. The van der Waals surface area contributed by atoms with Gasteiger partial charge in [-0.15, -0.1) is 0 Å². The number of rotatable bonds is 7. The van der Waals surface area contributed by atoms with Crippen LogP contribution in [0.25, 0.3) is 0 Å². The van der Waals surface area contributed by atoms with Crippen LogP contribution in [0.3, 0.4) is 0 Å². The molecular formula is C9H14N3O6P. The average molecular weight is 291 g/mol. The molecule has 0 unspecified atom stereocenters. The Labute approximate surface area is 109 Å². The first-order valence-electron chi connectivity index (χ1n) is 5.26. The first-order valence-corrected chi connectivity index (χ1v) is 5.99. The number of aliphatic hydroxyl groups is 2. The molecule has 0 aliphatic carbocycles. The van der Waals surface area contributed by atoms with Gasteiger partial charge in [0.1, 0.15) is 18.1 Å². The highest BCUT2D eigenvalue weighted by atomic mass is 31.1. The topological polar surface area (TPSA) is 137 Å². The van der Waals surface area contributed by atoms with E-state index >= 15 is 0 Å². The summed E-state index contributed by atoms with van der Waals surface area (Å²) in [6, 6.07) is 1.40. The van der Waals surface area contributed by atoms with Crippen molar-refractivity contribution < 1.29 is 24.0 Å². The second-order valence-corrected chi connectivity index (χ2v) is 4.01. The number of aromatic nitrogens is 2. The lowest BCUT2D eigenvalue weighted by Crippen LogP contribution is -2.37. The molecule has 0 saturated heterocycles. The van der Waals surface area contributed by atoms with Crippen LogP contribution in [0.15, 0.2) is 17.1 Å². The third-order valence-corrected chi connectivity index (χ3v) is 2.49. The Bertz CT molecular complexity index is 479. The quantitative estimate of drug-likeness (QED) is 0.441. The van der Waals surface area contributed by atoms with Crippen molar-refractivity contribution in [3.05, 3.63) is 22.7 Å². The van der Waals surface area contributed by atoms with Gasteiger partial charge in [0, 0.05) is 6.20 Å². The van der Waals surface area contributed by atoms with Gasteiger partial charge in [-0.2, -0.15) is 4.98 Å². The summed E-state index contributed by atoms with van der Waals surface area (Å²) in [4.78, 5) is 15.0. The summed E-state index contributed by atoms with van der Waals surface area (Å²) in [5.41, 5.74) is 4.70. The van der Waals surface area contributed by atoms with E-state index in [1.54, 1.807) is 0 Å². The summed E-state index contributed by atoms with van der Waals surface area (Å²) in [7, 11) is -0.611. The fraction of sp³-hybridized carbons (Fsp3) is 0.556. The molecule has 0 aliphatic rings. The largest absolute Gasteiger partial charge is 0.383 e. The molecule has 1 rings (SSSR count). The number of anilines is 1. The predicted octanol–water partition coefficient (Wildman–Crippen LogP) is -0.737. The van der Waals surface area contributed by atoms with Crippen molar-refractivity contribution in [2.75, 3.05) is 12.3 Å². The van der Waals surface area contributed by atoms with Crippen LogP contribution in [0.5, 0.6) is 0 Å². The fourth-order valence-electron chi connectivity index (χ4n) is 1.32. The average Bonchev–Trinajstić information content (AvgIpc) is 2.33. The Morgan fingerprint density at radius 1 is 1.58 bits per heavy atom. The van der Waals surface area contributed by atoms with Crippen LogP contribution in [0.1, 0.15) is 13.2 Å². The van der Waals surface area contributed by atoms with Crippen LogP contribution in [-0.4, -0.2) is 38.8 Å². The number of nitrogen functional groups attached to an aromatic ring is 1. The molecule has 10 heteroatoms. The molecule has 19 heavy (non-hydrogen) atoms. The van der Waals surface area contributed by atoms with Crippen LogP contribution in [0, 0.1) is 0 Å². The minimum atomic E-state index is -1.85. The smallest absolute Gasteiger partial charge is 0.351 e. The van der Waals surface area contributed by atoms with Crippen LogP contribution in [0.4, 0.5) is 5.82 Å². The zero-order valence-corrected chi connectivity index (χ0v) is 10.9. The van der Waals surface area contributed by atoms with Crippen molar-refractivity contribution in [3.63, 3.8) is 0 Å². The van der Waals surface area contributed by atoms with E-state index in [0.717, 1.165) is 4.57 Å². The number of nitrogens with zero attached hydrogens (tertiary/aromatic N) is 2. The number of nitrogens with two attached hydrogens (primary N) is 1. The Kier molecular flexibility index (Phi) is 6.00. The van der Waals surface area contributed by atoms with Gasteiger partial charge in [0.15, 0.2) is 6.29 Å². The van der Waals surface area contributed by atoms with Gasteiger partial charge in [-0.1, -0.05) is 0 Å². The van der Waals surface area contributed by atoms with Crippen molar-refractivity contribution in [1.29, 1.82) is 0 Å². The second-order valence-electron chi connectivity index (χ2n) is 3.60. The third-order valence-electron chi connectivity index (χ3n) is 2.24. The summed E-state index contributed by atoms with van der Waals surface area (Å²) in [5, 5.41) is 18.1. The lowest BCUT2D eigenvalue weighted by Gasteiger charge is -2.23. The van der Waals surface area contributed by atoms with Crippen LogP contribution < -0.4 is 11.4 Å². The maximum Gasteiger partial charge on any atom is 0.351 e. The minimum absolute atomic E-state index is 0.0701. The molecule has 1 aromatic rings. The Morgan fingerprint density at radius 2 is 2.26 bits per heavy atom. The van der Waals surface area contributed by atoms with E-state index in [2.05, 4.69) is 9.51 Å². The van der Waals surface area contributed by atoms with E-state index in [4.69, 9.17) is 20.7 Å². The zero-order valence-electron chi connectivity index (χ0n) is 10.0. The highest BCUT2D eigenvalue weighted by molar-refractivity contribution is 7.17. The Hall–Kier alpha value is -1.38. The normalized spacial score (nSPS) is 14.7. The van der Waals surface area contributed by atoms with Gasteiger partial charge in [0.2, 0.25) is 0 Å². The second kappa shape index (κ2) is 7.27. The molecule has 4 N–H and O–H groups in total. The molecule has 0 bridgehead atoms. The number of hydrogen-bond acceptors (Lipinski definition) is 8. The maximum absolute atomic E-state index is 11.5. The van der Waals surface area contributed by atoms with Crippen molar-refractivity contribution in [1.82, 2.24) is 9.55 Å². The Balaban J connectivity index is 2.78. The van der Waals surface area contributed by atoms with E-state index < -0.39 is 33.0 Å². The molecule has 0 radical (unpaired) electrons. The van der Waals surface area contributed by atoms with E-state index in [-0.39, 0.29) is 12.4 Å². The highest BCUT2D eigenvalue weighted by Crippen LogP contribution is 2.12. The summed E-state index contributed by atoms with van der Waals surface area (Å²) >= 11 is 0. The monoisotopic (exact) mass is 291 g/mol. The summed E-state index contributed by atoms with van der Waals surface area (Å²) < 4.78 is 21.0. The first-order chi connectivity index (χ1) is 8.95. The molecule has 0 saturated carbocycles. The van der Waals surface area contributed by atoms with Crippen LogP contribution >= 0.6 is 8.69 Å². The minimum Gasteiger partial charge on any atom is -0.383 e. The zero-order chi connectivity index (χ0) is 14.4. The van der Waals surface area contributed by atoms with Gasteiger partial charge in [-0.3, -0.25) is 9.09 Å². The molecule has 9 nitrogen and oxygen atoms in total.